The number of anilines is 1. The van der Waals surface area contributed by atoms with E-state index >= 15 is 0 Å². The molecular weight excluding hydrogens is 332 g/mol. The third kappa shape index (κ3) is 6.53. The summed E-state index contributed by atoms with van der Waals surface area (Å²) in [4.78, 5) is 23.6. The molecule has 0 radical (unpaired) electrons. The van der Waals surface area contributed by atoms with Crippen LogP contribution in [0.4, 0.5) is 10.5 Å². The van der Waals surface area contributed by atoms with Crippen LogP contribution in [-0.4, -0.2) is 25.1 Å². The van der Waals surface area contributed by atoms with Gasteiger partial charge in [0.1, 0.15) is 11.8 Å². The van der Waals surface area contributed by atoms with Crippen LogP contribution in [0.2, 0.25) is 0 Å². The summed E-state index contributed by atoms with van der Waals surface area (Å²) in [6.45, 7) is 2.20. The maximum atomic E-state index is 11.9. The van der Waals surface area contributed by atoms with Gasteiger partial charge in [-0.15, -0.1) is 0 Å². The molecule has 0 spiro atoms. The molecule has 0 aromatic heterocycles. The highest BCUT2D eigenvalue weighted by molar-refractivity contribution is 5.94. The number of carbonyl (C=O) groups excluding carboxylic acids is 2. The Morgan fingerprint density at radius 3 is 2.38 bits per heavy atom. The van der Waals surface area contributed by atoms with Crippen LogP contribution < -0.4 is 20.7 Å². The van der Waals surface area contributed by atoms with E-state index in [9.17, 15) is 9.59 Å². The van der Waals surface area contributed by atoms with Crippen molar-refractivity contribution in [2.24, 2.45) is 0 Å². The Bertz CT molecular complexity index is 780. The molecule has 134 valence electrons. The predicted octanol–water partition coefficient (Wildman–Crippen LogP) is 2.34. The van der Waals surface area contributed by atoms with E-state index in [2.05, 4.69) is 16.0 Å². The van der Waals surface area contributed by atoms with Gasteiger partial charge in [0.15, 0.2) is 6.61 Å². The van der Waals surface area contributed by atoms with Crippen LogP contribution in [0.25, 0.3) is 0 Å². The summed E-state index contributed by atoms with van der Waals surface area (Å²) >= 11 is 0. The second-order valence-electron chi connectivity index (χ2n) is 5.54. The van der Waals surface area contributed by atoms with Crippen LogP contribution in [0.5, 0.6) is 5.75 Å². The molecule has 0 saturated heterocycles. The van der Waals surface area contributed by atoms with Crippen molar-refractivity contribution in [2.75, 3.05) is 18.5 Å². The molecule has 7 nitrogen and oxygen atoms in total. The second-order valence-corrected chi connectivity index (χ2v) is 5.54. The molecule has 2 aromatic rings. The molecule has 0 aliphatic carbocycles. The van der Waals surface area contributed by atoms with Crippen molar-refractivity contribution in [2.45, 2.75) is 13.5 Å². The Kier molecular flexibility index (Phi) is 7.01. The first-order valence-corrected chi connectivity index (χ1v) is 8.04. The third-order valence-electron chi connectivity index (χ3n) is 3.42. The van der Waals surface area contributed by atoms with E-state index in [4.69, 9.17) is 10.00 Å². The molecule has 0 aliphatic heterocycles. The van der Waals surface area contributed by atoms with Crippen molar-refractivity contribution in [3.8, 4) is 11.8 Å². The molecular formula is C19H20N4O3. The standard InChI is InChI=1S/C19H20N4O3/c1-14-2-4-15(5-3-14)12-21-19(25)22-13-18(24)23-16-6-8-17(9-7-16)26-11-10-20/h2-9H,11-13H2,1H3,(H,23,24)(H2,21,22,25). The molecule has 7 heteroatoms. The maximum absolute atomic E-state index is 11.9. The summed E-state index contributed by atoms with van der Waals surface area (Å²) < 4.78 is 5.12. The van der Waals surface area contributed by atoms with Crippen molar-refractivity contribution in [3.05, 3.63) is 59.7 Å². The van der Waals surface area contributed by atoms with Crippen molar-refractivity contribution in [3.63, 3.8) is 0 Å². The number of nitriles is 1. The Morgan fingerprint density at radius 2 is 1.73 bits per heavy atom. The lowest BCUT2D eigenvalue weighted by Gasteiger charge is -2.09. The van der Waals surface area contributed by atoms with Gasteiger partial charge in [0.2, 0.25) is 5.91 Å². The van der Waals surface area contributed by atoms with E-state index in [1.54, 1.807) is 24.3 Å². The fourth-order valence-corrected chi connectivity index (χ4v) is 2.07. The van der Waals surface area contributed by atoms with Gasteiger partial charge in [0, 0.05) is 12.2 Å². The lowest BCUT2D eigenvalue weighted by molar-refractivity contribution is -0.115. The molecule has 0 saturated carbocycles. The number of nitrogens with one attached hydrogen (secondary N) is 3. The Balaban J connectivity index is 1.69. The van der Waals surface area contributed by atoms with Gasteiger partial charge in [-0.1, -0.05) is 29.8 Å². The largest absolute Gasteiger partial charge is 0.479 e. The van der Waals surface area contributed by atoms with Gasteiger partial charge in [0.05, 0.1) is 6.54 Å². The number of benzene rings is 2. The third-order valence-corrected chi connectivity index (χ3v) is 3.42. The Hall–Kier alpha value is -3.53. The van der Waals surface area contributed by atoms with Gasteiger partial charge in [-0.25, -0.2) is 4.79 Å². The van der Waals surface area contributed by atoms with Crippen molar-refractivity contribution in [1.29, 1.82) is 5.26 Å². The Morgan fingerprint density at radius 1 is 1.04 bits per heavy atom. The number of ether oxygens (including phenoxy) is 1. The van der Waals surface area contributed by atoms with Gasteiger partial charge in [0.25, 0.3) is 0 Å². The van der Waals surface area contributed by atoms with Gasteiger partial charge in [-0.3, -0.25) is 4.79 Å². The normalized spacial score (nSPS) is 9.69. The van der Waals surface area contributed by atoms with Crippen LogP contribution in [0.1, 0.15) is 11.1 Å². The minimum atomic E-state index is -0.416. The monoisotopic (exact) mass is 352 g/mol. The summed E-state index contributed by atoms with van der Waals surface area (Å²) in [5.41, 5.74) is 2.70. The summed E-state index contributed by atoms with van der Waals surface area (Å²) in [5, 5.41) is 16.3. The summed E-state index contributed by atoms with van der Waals surface area (Å²) in [5.74, 6) is 0.194. The SMILES string of the molecule is Cc1ccc(CNC(=O)NCC(=O)Nc2ccc(OCC#N)cc2)cc1. The summed E-state index contributed by atoms with van der Waals surface area (Å²) in [6.07, 6.45) is 0. The highest BCUT2D eigenvalue weighted by Gasteiger charge is 2.06. The van der Waals surface area contributed by atoms with E-state index in [1.165, 1.54) is 0 Å². The minimum absolute atomic E-state index is 0.0344. The highest BCUT2D eigenvalue weighted by atomic mass is 16.5. The number of aryl methyl sites for hydroxylation is 1. The number of hydrogen-bond donors (Lipinski definition) is 3. The van der Waals surface area contributed by atoms with E-state index < -0.39 is 6.03 Å². The molecule has 0 atom stereocenters. The van der Waals surface area contributed by atoms with Crippen molar-refractivity contribution in [1.82, 2.24) is 10.6 Å². The average molecular weight is 352 g/mol. The quantitative estimate of drug-likeness (QED) is 0.711. The van der Waals surface area contributed by atoms with E-state index in [0.29, 0.717) is 18.0 Å². The first-order chi connectivity index (χ1) is 12.6. The van der Waals surface area contributed by atoms with Gasteiger partial charge < -0.3 is 20.7 Å². The van der Waals surface area contributed by atoms with E-state index in [-0.39, 0.29) is 19.1 Å². The maximum Gasteiger partial charge on any atom is 0.315 e. The molecule has 0 unspecified atom stereocenters. The zero-order valence-corrected chi connectivity index (χ0v) is 14.4. The smallest absolute Gasteiger partial charge is 0.315 e. The lowest BCUT2D eigenvalue weighted by Crippen LogP contribution is -2.39. The minimum Gasteiger partial charge on any atom is -0.479 e. The molecule has 0 aliphatic rings. The predicted molar refractivity (Wildman–Crippen MR) is 97.6 cm³/mol. The molecule has 3 amide bonds. The van der Waals surface area contributed by atoms with E-state index in [0.717, 1.165) is 11.1 Å². The van der Waals surface area contributed by atoms with Crippen molar-refractivity contribution < 1.29 is 14.3 Å². The molecule has 26 heavy (non-hydrogen) atoms. The molecule has 2 rings (SSSR count). The summed E-state index contributed by atoms with van der Waals surface area (Å²) in [7, 11) is 0. The highest BCUT2D eigenvalue weighted by Crippen LogP contribution is 2.15. The lowest BCUT2D eigenvalue weighted by atomic mass is 10.1. The molecule has 3 N–H and O–H groups in total. The first-order valence-electron chi connectivity index (χ1n) is 8.04. The Labute approximate surface area is 152 Å². The van der Waals surface area contributed by atoms with Gasteiger partial charge >= 0.3 is 6.03 Å². The first kappa shape index (κ1) is 18.8. The zero-order valence-electron chi connectivity index (χ0n) is 14.4. The molecule has 0 fully saturated rings. The molecule has 2 aromatic carbocycles. The van der Waals surface area contributed by atoms with Gasteiger partial charge in [-0.2, -0.15) is 5.26 Å². The van der Waals surface area contributed by atoms with Crippen LogP contribution >= 0.6 is 0 Å². The number of amides is 3. The fraction of sp³-hybridized carbons (Fsp3) is 0.211. The number of urea groups is 1. The van der Waals surface area contributed by atoms with Crippen molar-refractivity contribution >= 4 is 17.6 Å². The number of hydrogen-bond acceptors (Lipinski definition) is 4. The van der Waals surface area contributed by atoms with E-state index in [1.807, 2.05) is 37.3 Å². The number of carbonyl (C=O) groups is 2. The van der Waals surface area contributed by atoms with Crippen LogP contribution in [0.15, 0.2) is 48.5 Å². The van der Waals surface area contributed by atoms with Crippen LogP contribution in [0, 0.1) is 18.3 Å². The molecule has 0 heterocycles. The number of rotatable bonds is 7. The van der Waals surface area contributed by atoms with Gasteiger partial charge in [-0.05, 0) is 36.8 Å². The zero-order chi connectivity index (χ0) is 18.8. The second kappa shape index (κ2) is 9.69. The van der Waals surface area contributed by atoms with Crippen LogP contribution in [-0.2, 0) is 11.3 Å². The molecule has 0 bridgehead atoms. The fourth-order valence-electron chi connectivity index (χ4n) is 2.07. The topological polar surface area (TPSA) is 103 Å². The summed E-state index contributed by atoms with van der Waals surface area (Å²) in [6, 6.07) is 15.9. The number of nitrogens with zero attached hydrogens (tertiary/aromatic N) is 1. The average Bonchev–Trinajstić information content (AvgIpc) is 2.65. The van der Waals surface area contributed by atoms with Crippen LogP contribution in [0.3, 0.4) is 0 Å².